The molecular formula is C23H21N7O. The summed E-state index contributed by atoms with van der Waals surface area (Å²) in [4.78, 5) is 13.3. The molecule has 4 heterocycles. The minimum Gasteiger partial charge on any atom is -0.356 e. The van der Waals surface area contributed by atoms with Gasteiger partial charge in [-0.15, -0.1) is 0 Å². The highest BCUT2D eigenvalue weighted by Gasteiger charge is 2.37. The summed E-state index contributed by atoms with van der Waals surface area (Å²) in [6, 6.07) is 14.2. The molecule has 0 unspecified atom stereocenters. The lowest BCUT2D eigenvalue weighted by Crippen LogP contribution is -2.56. The summed E-state index contributed by atoms with van der Waals surface area (Å²) < 4.78 is 5.65. The van der Waals surface area contributed by atoms with Gasteiger partial charge in [0.2, 0.25) is 0 Å². The predicted molar refractivity (Wildman–Crippen MR) is 113 cm³/mol. The molecule has 31 heavy (non-hydrogen) atoms. The maximum atomic E-state index is 9.15. The molecular weight excluding hydrogens is 390 g/mol. The molecule has 2 atom stereocenters. The van der Waals surface area contributed by atoms with E-state index in [0.717, 1.165) is 56.0 Å². The van der Waals surface area contributed by atoms with Gasteiger partial charge in [0.15, 0.2) is 11.5 Å². The lowest BCUT2D eigenvalue weighted by Gasteiger charge is -2.47. The molecule has 154 valence electrons. The summed E-state index contributed by atoms with van der Waals surface area (Å²) in [7, 11) is 0. The number of nitriles is 2. The van der Waals surface area contributed by atoms with Crippen LogP contribution >= 0.6 is 0 Å². The zero-order valence-electron chi connectivity index (χ0n) is 17.0. The number of rotatable bonds is 3. The van der Waals surface area contributed by atoms with Crippen LogP contribution in [0.15, 0.2) is 47.2 Å². The topological polar surface area (TPSA) is 106 Å². The zero-order valence-corrected chi connectivity index (χ0v) is 17.0. The molecule has 2 aromatic heterocycles. The molecule has 8 heteroatoms. The molecule has 0 bridgehead atoms. The maximum absolute atomic E-state index is 9.15. The van der Waals surface area contributed by atoms with Crippen LogP contribution in [0.1, 0.15) is 42.3 Å². The van der Waals surface area contributed by atoms with Crippen LogP contribution in [0.3, 0.4) is 0 Å². The van der Waals surface area contributed by atoms with Crippen molar-refractivity contribution in [2.75, 3.05) is 24.5 Å². The Morgan fingerprint density at radius 2 is 2.00 bits per heavy atom. The lowest BCUT2D eigenvalue weighted by atomic mass is 9.91. The van der Waals surface area contributed by atoms with Crippen LogP contribution in [0.25, 0.3) is 11.3 Å². The molecule has 5 rings (SSSR count). The fraction of sp³-hybridized carbons (Fsp3) is 0.348. The van der Waals surface area contributed by atoms with Crippen molar-refractivity contribution in [1.29, 1.82) is 10.5 Å². The summed E-state index contributed by atoms with van der Waals surface area (Å²) in [6.07, 6.45) is 6.51. The summed E-state index contributed by atoms with van der Waals surface area (Å²) >= 11 is 0. The molecule has 0 amide bonds. The number of hydrogen-bond donors (Lipinski definition) is 0. The number of nitrogens with zero attached hydrogens (tertiary/aromatic N) is 7. The molecule has 0 N–H and O–H groups in total. The smallest absolute Gasteiger partial charge is 0.167 e. The Kier molecular flexibility index (Phi) is 5.07. The Bertz CT molecular complexity index is 1170. The predicted octanol–water partition coefficient (Wildman–Crippen LogP) is 3.29. The fourth-order valence-corrected chi connectivity index (χ4v) is 4.66. The third-order valence-electron chi connectivity index (χ3n) is 6.15. The van der Waals surface area contributed by atoms with E-state index >= 15 is 0 Å². The second-order valence-corrected chi connectivity index (χ2v) is 7.97. The first kappa shape index (κ1) is 19.2. The van der Waals surface area contributed by atoms with Crippen LogP contribution in [-0.4, -0.2) is 45.7 Å². The van der Waals surface area contributed by atoms with Crippen LogP contribution in [0.4, 0.5) is 5.82 Å². The highest BCUT2D eigenvalue weighted by Crippen LogP contribution is 2.37. The van der Waals surface area contributed by atoms with E-state index in [9.17, 15) is 0 Å². The minimum atomic E-state index is 0.217. The van der Waals surface area contributed by atoms with Crippen LogP contribution in [-0.2, 0) is 0 Å². The minimum absolute atomic E-state index is 0.217. The standard InChI is InChI=1S/C23H21N7O/c24-11-16-3-1-4-17(9-16)22-10-20(28-31-22)21-6-2-5-19-15-29(7-8-30(19)21)23-14-26-13-18(12-25)27-23/h1,3-4,9-10,13-14,19,21H,2,5-8,15H2/t19-,21+/m0/s1. The number of piperazine rings is 1. The van der Waals surface area contributed by atoms with Crippen molar-refractivity contribution in [3.8, 4) is 23.5 Å². The van der Waals surface area contributed by atoms with Crippen LogP contribution in [0.2, 0.25) is 0 Å². The van der Waals surface area contributed by atoms with Gasteiger partial charge >= 0.3 is 0 Å². The Hall–Kier alpha value is -3.75. The van der Waals surface area contributed by atoms with E-state index in [0.29, 0.717) is 23.1 Å². The van der Waals surface area contributed by atoms with Gasteiger partial charge in [-0.25, -0.2) is 4.98 Å². The summed E-state index contributed by atoms with van der Waals surface area (Å²) in [5, 5.41) is 22.7. The second kappa shape index (κ2) is 8.17. The van der Waals surface area contributed by atoms with Crippen molar-refractivity contribution in [3.63, 3.8) is 0 Å². The molecule has 2 aliphatic rings. The van der Waals surface area contributed by atoms with Gasteiger partial charge in [-0.1, -0.05) is 17.3 Å². The molecule has 0 aliphatic carbocycles. The zero-order chi connectivity index (χ0) is 21.2. The molecule has 0 spiro atoms. The Labute approximate surface area is 180 Å². The number of anilines is 1. The van der Waals surface area contributed by atoms with Gasteiger partial charge in [0.25, 0.3) is 0 Å². The molecule has 0 saturated carbocycles. The molecule has 3 aromatic rings. The fourth-order valence-electron chi connectivity index (χ4n) is 4.66. The number of hydrogen-bond acceptors (Lipinski definition) is 8. The number of benzene rings is 1. The molecule has 2 fully saturated rings. The Morgan fingerprint density at radius 1 is 1.06 bits per heavy atom. The van der Waals surface area contributed by atoms with E-state index in [1.165, 1.54) is 6.20 Å². The third-order valence-corrected chi connectivity index (χ3v) is 6.15. The first-order valence-electron chi connectivity index (χ1n) is 10.4. The van der Waals surface area contributed by atoms with Gasteiger partial charge in [0, 0.05) is 37.3 Å². The van der Waals surface area contributed by atoms with Crippen LogP contribution in [0, 0.1) is 22.7 Å². The summed E-state index contributed by atoms with van der Waals surface area (Å²) in [5.41, 5.74) is 2.76. The van der Waals surface area contributed by atoms with Gasteiger partial charge in [-0.3, -0.25) is 9.88 Å². The molecule has 8 nitrogen and oxygen atoms in total. The average Bonchev–Trinajstić information content (AvgIpc) is 3.33. The lowest BCUT2D eigenvalue weighted by molar-refractivity contribution is 0.0673. The van der Waals surface area contributed by atoms with Crippen molar-refractivity contribution in [2.45, 2.75) is 31.3 Å². The highest BCUT2D eigenvalue weighted by molar-refractivity contribution is 5.60. The number of aromatic nitrogens is 3. The van der Waals surface area contributed by atoms with E-state index < -0.39 is 0 Å². The van der Waals surface area contributed by atoms with Crippen molar-refractivity contribution in [2.24, 2.45) is 0 Å². The SMILES string of the molecule is N#Cc1cccc(-c2cc([C@H]3CCC[C@H]4CN(c5cncc(C#N)n5)CCN43)no2)c1. The van der Waals surface area contributed by atoms with E-state index in [2.05, 4.69) is 37.1 Å². The highest BCUT2D eigenvalue weighted by atomic mass is 16.5. The molecule has 1 aromatic carbocycles. The first-order valence-corrected chi connectivity index (χ1v) is 10.4. The quantitative estimate of drug-likeness (QED) is 0.646. The van der Waals surface area contributed by atoms with Gasteiger partial charge in [0.1, 0.15) is 17.6 Å². The third kappa shape index (κ3) is 3.74. The van der Waals surface area contributed by atoms with E-state index in [-0.39, 0.29) is 6.04 Å². The van der Waals surface area contributed by atoms with Gasteiger partial charge in [-0.05, 0) is 31.4 Å². The maximum Gasteiger partial charge on any atom is 0.167 e. The largest absolute Gasteiger partial charge is 0.356 e. The van der Waals surface area contributed by atoms with Crippen LogP contribution in [0.5, 0.6) is 0 Å². The number of fused-ring (bicyclic) bond motifs is 1. The van der Waals surface area contributed by atoms with E-state index in [1.807, 2.05) is 24.3 Å². The first-order chi connectivity index (χ1) is 15.2. The molecule has 2 aliphatic heterocycles. The normalized spacial score (nSPS) is 21.2. The van der Waals surface area contributed by atoms with Crippen molar-refractivity contribution >= 4 is 5.82 Å². The van der Waals surface area contributed by atoms with Crippen molar-refractivity contribution < 1.29 is 4.52 Å². The van der Waals surface area contributed by atoms with Crippen LogP contribution < -0.4 is 4.90 Å². The van der Waals surface area contributed by atoms with E-state index in [4.69, 9.17) is 15.0 Å². The van der Waals surface area contributed by atoms with Gasteiger partial charge in [-0.2, -0.15) is 10.5 Å². The van der Waals surface area contributed by atoms with Gasteiger partial charge in [0.05, 0.1) is 30.1 Å². The second-order valence-electron chi connectivity index (χ2n) is 7.97. The van der Waals surface area contributed by atoms with E-state index in [1.54, 1.807) is 12.3 Å². The summed E-state index contributed by atoms with van der Waals surface area (Å²) in [5.74, 6) is 1.46. The molecule has 0 radical (unpaired) electrons. The Morgan fingerprint density at radius 3 is 2.87 bits per heavy atom. The number of piperidine rings is 1. The van der Waals surface area contributed by atoms with Crippen molar-refractivity contribution in [3.05, 3.63) is 59.7 Å². The van der Waals surface area contributed by atoms with Gasteiger partial charge < -0.3 is 9.42 Å². The monoisotopic (exact) mass is 411 g/mol. The average molecular weight is 411 g/mol. The summed E-state index contributed by atoms with van der Waals surface area (Å²) in [6.45, 7) is 2.57. The Balaban J connectivity index is 1.34. The molecule has 2 saturated heterocycles. The van der Waals surface area contributed by atoms with Crippen molar-refractivity contribution in [1.82, 2.24) is 20.0 Å².